The van der Waals surface area contributed by atoms with Crippen molar-refractivity contribution in [2.24, 2.45) is 0 Å². The lowest BCUT2D eigenvalue weighted by molar-refractivity contribution is 0.102. The van der Waals surface area contributed by atoms with E-state index in [2.05, 4.69) is 71.0 Å². The van der Waals surface area contributed by atoms with E-state index in [1.807, 2.05) is 84.9 Å². The number of hydrogen-bond acceptors (Lipinski definition) is 5. The summed E-state index contributed by atoms with van der Waals surface area (Å²) in [7, 11) is -2.02. The van der Waals surface area contributed by atoms with E-state index in [-0.39, 0.29) is 5.91 Å². The largest absolute Gasteiger partial charge is 0.453 e. The zero-order chi connectivity index (χ0) is 35.3. The molecule has 8 aromatic carbocycles. The number of pyridine rings is 1. The van der Waals surface area contributed by atoms with E-state index in [1.165, 1.54) is 0 Å². The smallest absolute Gasteiger partial charge is 0.390 e. The van der Waals surface area contributed by atoms with Gasteiger partial charge in [-0.05, 0) is 79.5 Å². The molecule has 1 amide bonds. The molecule has 2 heterocycles. The predicted octanol–water partition coefficient (Wildman–Crippen LogP) is 13.1. The number of nitrogens with zero attached hydrogens (tertiary/aromatic N) is 1. The van der Waals surface area contributed by atoms with Gasteiger partial charge in [-0.15, -0.1) is 0 Å². The lowest BCUT2D eigenvalue weighted by atomic mass is 9.91. The van der Waals surface area contributed by atoms with E-state index < -0.39 is 8.24 Å². The molecule has 0 radical (unpaired) electrons. The first-order valence-electron chi connectivity index (χ1n) is 17.3. The van der Waals surface area contributed by atoms with E-state index in [0.29, 0.717) is 28.3 Å². The average Bonchev–Trinajstić information content (AvgIpc) is 3.38. The van der Waals surface area contributed by atoms with E-state index >= 15 is 0 Å². The zero-order valence-electron chi connectivity index (χ0n) is 28.2. The topological polar surface area (TPSA) is 77.5 Å². The third-order valence-electron chi connectivity index (χ3n) is 9.77. The van der Waals surface area contributed by atoms with Gasteiger partial charge in [0.05, 0.1) is 0 Å². The number of aromatic nitrogens is 1. The highest BCUT2D eigenvalue weighted by Gasteiger charge is 2.22. The van der Waals surface area contributed by atoms with Crippen LogP contribution in [0.15, 0.2) is 178 Å². The first-order valence-corrected chi connectivity index (χ1v) is 18.4. The van der Waals surface area contributed by atoms with Crippen LogP contribution in [0, 0.1) is 0 Å². The molecule has 1 N–H and O–H groups in total. The summed E-state index contributed by atoms with van der Waals surface area (Å²) in [4.78, 5) is 17.9. The normalized spacial score (nSPS) is 11.5. The molecule has 0 bridgehead atoms. The Morgan fingerprint density at radius 3 is 1.58 bits per heavy atom. The summed E-state index contributed by atoms with van der Waals surface area (Å²) < 4.78 is 20.5. The van der Waals surface area contributed by atoms with Crippen molar-refractivity contribution in [1.82, 2.24) is 4.98 Å². The van der Waals surface area contributed by atoms with Crippen molar-refractivity contribution in [2.75, 3.05) is 5.32 Å². The first kappa shape index (κ1) is 30.9. The molecule has 53 heavy (non-hydrogen) atoms. The van der Waals surface area contributed by atoms with Gasteiger partial charge < -0.3 is 18.2 Å². The molecule has 7 heteroatoms. The second kappa shape index (κ2) is 12.7. The van der Waals surface area contributed by atoms with Gasteiger partial charge in [0.2, 0.25) is 0 Å². The van der Waals surface area contributed by atoms with Crippen LogP contribution in [0.5, 0.6) is 5.75 Å². The number of hydrogen-bond donors (Lipinski definition) is 1. The Labute approximate surface area is 304 Å². The van der Waals surface area contributed by atoms with E-state index in [9.17, 15) is 4.79 Å². The van der Waals surface area contributed by atoms with Crippen LogP contribution in [0.3, 0.4) is 0 Å². The summed E-state index contributed by atoms with van der Waals surface area (Å²) in [5, 5.41) is 13.4. The third-order valence-corrected chi connectivity index (χ3v) is 10.8. The Bertz CT molecular complexity index is 3010. The number of nitrogens with one attached hydrogen (secondary N) is 1. The van der Waals surface area contributed by atoms with Gasteiger partial charge in [0.1, 0.15) is 22.6 Å². The summed E-state index contributed by atoms with van der Waals surface area (Å²) >= 11 is 0. The van der Waals surface area contributed by atoms with E-state index in [0.717, 1.165) is 65.0 Å². The van der Waals surface area contributed by atoms with Gasteiger partial charge >= 0.3 is 8.24 Å². The molecule has 252 valence electrons. The molecular formula is C46H29N2O4P. The van der Waals surface area contributed by atoms with Crippen LogP contribution in [-0.4, -0.2) is 10.9 Å². The molecule has 0 atom stereocenters. The molecule has 0 saturated carbocycles. The van der Waals surface area contributed by atoms with Gasteiger partial charge in [0.25, 0.3) is 5.91 Å². The minimum atomic E-state index is -2.02. The fourth-order valence-electron chi connectivity index (χ4n) is 7.38. The number of benzene rings is 8. The van der Waals surface area contributed by atoms with Crippen molar-refractivity contribution >= 4 is 84.9 Å². The van der Waals surface area contributed by atoms with Gasteiger partial charge in [-0.1, -0.05) is 127 Å². The van der Waals surface area contributed by atoms with Crippen LogP contribution in [0.25, 0.3) is 76.2 Å². The second-order valence-electron chi connectivity index (χ2n) is 12.9. The molecule has 0 fully saturated rings. The Kier molecular flexibility index (Phi) is 7.41. The van der Waals surface area contributed by atoms with Gasteiger partial charge in [-0.3, -0.25) is 9.78 Å². The number of rotatable bonds is 5. The highest BCUT2D eigenvalue weighted by molar-refractivity contribution is 7.32. The fraction of sp³-hybridized carbons (Fsp3) is 0. The van der Waals surface area contributed by atoms with Gasteiger partial charge in [-0.2, -0.15) is 0 Å². The molecule has 2 aromatic heterocycles. The van der Waals surface area contributed by atoms with Crippen LogP contribution in [0.4, 0.5) is 5.69 Å². The van der Waals surface area contributed by atoms with Crippen LogP contribution in [0.1, 0.15) is 10.5 Å². The maximum absolute atomic E-state index is 13.6. The average molecular weight is 705 g/mol. The Morgan fingerprint density at radius 2 is 1.00 bits per heavy atom. The maximum atomic E-state index is 13.6. The number of amides is 1. The SMILES string of the molecule is O=C(Nc1ccc2ccccc2c1-c1c(Op2oc3ccc4ccccc4c3c3c(ccc4ccccc43)o2)ccc2ccccc12)c1ccccn1. The van der Waals surface area contributed by atoms with Gasteiger partial charge in [0.15, 0.2) is 0 Å². The minimum absolute atomic E-state index is 0.308. The van der Waals surface area contributed by atoms with Crippen molar-refractivity contribution in [3.05, 3.63) is 176 Å². The van der Waals surface area contributed by atoms with Crippen molar-refractivity contribution in [3.63, 3.8) is 0 Å². The lowest BCUT2D eigenvalue weighted by Gasteiger charge is -2.19. The maximum Gasteiger partial charge on any atom is 0.453 e. The number of fused-ring (bicyclic) bond motifs is 9. The number of carbonyl (C=O) groups excluding carboxylic acids is 1. The Balaban J connectivity index is 1.24. The second-order valence-corrected chi connectivity index (χ2v) is 13.9. The standard InChI is InChI=1S/C46H29N2O4P/c49-46(38-19-9-10-28-47-38)48-37-24-20-29-11-1-5-15-33(29)42(37)43-34-16-6-2-12-30(34)21-25-39(43)50-53-51-40-26-22-31-13-3-7-17-35(31)44(40)45-36-18-8-4-14-32(36)23-27-41(45)52-53/h1-28H,(H,48,49). The van der Waals surface area contributed by atoms with Crippen molar-refractivity contribution in [3.8, 4) is 16.9 Å². The first-order chi connectivity index (χ1) is 26.2. The Hall–Kier alpha value is -6.88. The van der Waals surface area contributed by atoms with Crippen molar-refractivity contribution < 1.29 is 17.7 Å². The minimum Gasteiger partial charge on any atom is -0.390 e. The molecule has 0 aliphatic carbocycles. The molecule has 0 unspecified atom stereocenters. The molecule has 0 saturated heterocycles. The lowest BCUT2D eigenvalue weighted by Crippen LogP contribution is -2.14. The van der Waals surface area contributed by atoms with Gasteiger partial charge in [-0.25, -0.2) is 0 Å². The molecule has 10 aromatic rings. The fourth-order valence-corrected chi connectivity index (χ4v) is 8.43. The van der Waals surface area contributed by atoms with Crippen LogP contribution < -0.4 is 9.84 Å². The summed E-state index contributed by atoms with van der Waals surface area (Å²) in [6.45, 7) is 0. The van der Waals surface area contributed by atoms with E-state index in [4.69, 9.17) is 12.9 Å². The molecular weight excluding hydrogens is 675 g/mol. The predicted molar refractivity (Wildman–Crippen MR) is 216 cm³/mol. The zero-order valence-corrected chi connectivity index (χ0v) is 29.1. The number of carbonyl (C=O) groups is 1. The number of anilines is 1. The Morgan fingerprint density at radius 1 is 0.509 bits per heavy atom. The molecule has 6 nitrogen and oxygen atoms in total. The quantitative estimate of drug-likeness (QED) is 0.193. The highest BCUT2D eigenvalue weighted by Crippen LogP contribution is 2.48. The van der Waals surface area contributed by atoms with Crippen LogP contribution >= 0.6 is 8.24 Å². The summed E-state index contributed by atoms with van der Waals surface area (Å²) in [6, 6.07) is 54.4. The van der Waals surface area contributed by atoms with Crippen LogP contribution in [0.2, 0.25) is 0 Å². The molecule has 0 aliphatic heterocycles. The summed E-state index contributed by atoms with van der Waals surface area (Å²) in [6.07, 6.45) is 1.61. The summed E-state index contributed by atoms with van der Waals surface area (Å²) in [5.74, 6) is 0.253. The van der Waals surface area contributed by atoms with Gasteiger partial charge in [0, 0.05) is 33.8 Å². The highest BCUT2D eigenvalue weighted by atomic mass is 31.1. The van der Waals surface area contributed by atoms with E-state index in [1.54, 1.807) is 24.4 Å². The molecule has 10 rings (SSSR count). The van der Waals surface area contributed by atoms with Crippen molar-refractivity contribution in [1.29, 1.82) is 0 Å². The molecule has 0 aliphatic rings. The molecule has 0 spiro atoms. The summed E-state index contributed by atoms with van der Waals surface area (Å²) in [5.41, 5.74) is 3.95. The monoisotopic (exact) mass is 704 g/mol. The van der Waals surface area contributed by atoms with Crippen LogP contribution in [-0.2, 0) is 0 Å². The third kappa shape index (κ3) is 5.36. The van der Waals surface area contributed by atoms with Crippen molar-refractivity contribution in [2.45, 2.75) is 0 Å².